The van der Waals surface area contributed by atoms with Crippen LogP contribution in [0.25, 0.3) is 0 Å². The Morgan fingerprint density at radius 1 is 0.815 bits per heavy atom. The maximum atomic E-state index is 13.4. The van der Waals surface area contributed by atoms with Crippen LogP contribution in [0.2, 0.25) is 0 Å². The minimum Gasteiger partial charge on any atom is -0.462 e. The number of anilines is 1. The molecule has 2 unspecified atom stereocenters. The molecule has 0 bridgehead atoms. The first kappa shape index (κ1) is 15.8. The Bertz CT molecular complexity index is 1030. The molecule has 3 aromatic carbocycles. The average molecular weight is 355 g/mol. The molecule has 2 atom stereocenters. The van der Waals surface area contributed by atoms with Crippen LogP contribution in [0.4, 0.5) is 5.69 Å². The molecule has 0 N–H and O–H groups in total. The maximum Gasteiger partial charge on any atom is 0.316 e. The van der Waals surface area contributed by atoms with Crippen LogP contribution in [0.15, 0.2) is 84.9 Å². The highest BCUT2D eigenvalue weighted by atomic mass is 16.5. The molecule has 0 aromatic heterocycles. The number of carbonyl (C=O) groups is 2. The number of rotatable bonds is 2. The largest absolute Gasteiger partial charge is 0.462 e. The van der Waals surface area contributed by atoms with E-state index in [4.69, 9.17) is 4.74 Å². The lowest BCUT2D eigenvalue weighted by Gasteiger charge is -2.37. The summed E-state index contributed by atoms with van der Waals surface area (Å²) in [5.41, 5.74) is 2.20. The Morgan fingerprint density at radius 3 is 2.19 bits per heavy atom. The smallest absolute Gasteiger partial charge is 0.316 e. The van der Waals surface area contributed by atoms with Gasteiger partial charge in [-0.05, 0) is 29.3 Å². The van der Waals surface area contributed by atoms with E-state index in [0.29, 0.717) is 5.56 Å². The lowest BCUT2D eigenvalue weighted by molar-refractivity contribution is -0.139. The minimum atomic E-state index is -0.881. The van der Waals surface area contributed by atoms with Gasteiger partial charge in [0.15, 0.2) is 0 Å². The number of carbonyl (C=O) groups excluding carboxylic acids is 2. The summed E-state index contributed by atoms with van der Waals surface area (Å²) in [6.45, 7) is 0.142. The summed E-state index contributed by atoms with van der Waals surface area (Å²) in [6.07, 6.45) is 0. The lowest BCUT2D eigenvalue weighted by Crippen LogP contribution is -2.49. The van der Waals surface area contributed by atoms with E-state index >= 15 is 0 Å². The fourth-order valence-corrected chi connectivity index (χ4v) is 4.42. The number of nitrogens with zero attached hydrogens (tertiary/aromatic N) is 1. The first-order valence-electron chi connectivity index (χ1n) is 8.94. The summed E-state index contributed by atoms with van der Waals surface area (Å²) in [7, 11) is 0. The number of para-hydroxylation sites is 1. The Kier molecular flexibility index (Phi) is 3.41. The summed E-state index contributed by atoms with van der Waals surface area (Å²) in [5.74, 6) is -0.978. The monoisotopic (exact) mass is 355 g/mol. The van der Waals surface area contributed by atoms with Crippen LogP contribution in [0.5, 0.6) is 0 Å². The molecular weight excluding hydrogens is 338 g/mol. The van der Waals surface area contributed by atoms with Gasteiger partial charge < -0.3 is 4.74 Å². The first-order valence-corrected chi connectivity index (χ1v) is 8.94. The van der Waals surface area contributed by atoms with Gasteiger partial charge in [0.05, 0.1) is 0 Å². The molecule has 4 nitrogen and oxygen atoms in total. The third-order valence-corrected chi connectivity index (χ3v) is 5.52. The van der Waals surface area contributed by atoms with Crippen molar-refractivity contribution >= 4 is 17.6 Å². The molecule has 1 spiro atoms. The van der Waals surface area contributed by atoms with Crippen LogP contribution in [0.1, 0.15) is 27.4 Å². The zero-order chi connectivity index (χ0) is 18.4. The Labute approximate surface area is 157 Å². The van der Waals surface area contributed by atoms with Crippen molar-refractivity contribution in [2.45, 2.75) is 11.5 Å². The molecule has 3 aromatic rings. The average Bonchev–Trinajstić information content (AvgIpc) is 3.19. The lowest BCUT2D eigenvalue weighted by atomic mass is 9.76. The Morgan fingerprint density at radius 2 is 1.44 bits per heavy atom. The van der Waals surface area contributed by atoms with Crippen LogP contribution in [0, 0.1) is 0 Å². The standard InChI is InChI=1S/C23H17NO3/c25-21-18-13-7-8-14-19(18)23(24(21)17-11-5-2-6-12-17)15-27-22(26)20(23)16-9-3-1-4-10-16/h1-14,20H,15H2. The van der Waals surface area contributed by atoms with Gasteiger partial charge in [0.25, 0.3) is 5.91 Å². The molecular formula is C23H17NO3. The quantitative estimate of drug-likeness (QED) is 0.656. The SMILES string of the molecule is O=C1OCC2(c3ccccc3C(=O)N2c2ccccc2)C1c1ccccc1. The van der Waals surface area contributed by atoms with Crippen LogP contribution in [0.3, 0.4) is 0 Å². The van der Waals surface area contributed by atoms with E-state index in [1.807, 2.05) is 84.9 Å². The summed E-state index contributed by atoms with van der Waals surface area (Å²) >= 11 is 0. The third-order valence-electron chi connectivity index (χ3n) is 5.52. The number of amides is 1. The van der Waals surface area contributed by atoms with Crippen molar-refractivity contribution in [2.75, 3.05) is 11.5 Å². The fraction of sp³-hybridized carbons (Fsp3) is 0.130. The van der Waals surface area contributed by atoms with E-state index in [1.165, 1.54) is 0 Å². The molecule has 27 heavy (non-hydrogen) atoms. The van der Waals surface area contributed by atoms with Crippen molar-refractivity contribution in [2.24, 2.45) is 0 Å². The van der Waals surface area contributed by atoms with E-state index < -0.39 is 11.5 Å². The second-order valence-electron chi connectivity index (χ2n) is 6.90. The van der Waals surface area contributed by atoms with Gasteiger partial charge in [0, 0.05) is 11.3 Å². The minimum absolute atomic E-state index is 0.101. The van der Waals surface area contributed by atoms with Crippen molar-refractivity contribution < 1.29 is 14.3 Å². The molecule has 2 aliphatic rings. The summed E-state index contributed by atoms with van der Waals surface area (Å²) in [6, 6.07) is 26.6. The van der Waals surface area contributed by atoms with E-state index in [1.54, 1.807) is 4.90 Å². The van der Waals surface area contributed by atoms with Crippen molar-refractivity contribution in [3.63, 3.8) is 0 Å². The van der Waals surface area contributed by atoms with Crippen LogP contribution < -0.4 is 4.90 Å². The summed E-state index contributed by atoms with van der Waals surface area (Å²) in [5, 5.41) is 0. The molecule has 0 aliphatic carbocycles. The molecule has 5 rings (SSSR count). The van der Waals surface area contributed by atoms with Crippen molar-refractivity contribution in [3.05, 3.63) is 102 Å². The van der Waals surface area contributed by atoms with Gasteiger partial charge in [-0.1, -0.05) is 66.7 Å². The molecule has 132 valence electrons. The van der Waals surface area contributed by atoms with Gasteiger partial charge >= 0.3 is 5.97 Å². The highest BCUT2D eigenvalue weighted by Crippen LogP contribution is 2.53. The zero-order valence-corrected chi connectivity index (χ0v) is 14.5. The second kappa shape index (κ2) is 5.81. The summed E-state index contributed by atoms with van der Waals surface area (Å²) in [4.78, 5) is 28.0. The van der Waals surface area contributed by atoms with E-state index in [-0.39, 0.29) is 18.5 Å². The predicted molar refractivity (Wildman–Crippen MR) is 102 cm³/mol. The number of esters is 1. The van der Waals surface area contributed by atoms with Crippen LogP contribution in [-0.2, 0) is 15.1 Å². The summed E-state index contributed by atoms with van der Waals surface area (Å²) < 4.78 is 5.58. The molecule has 1 amide bonds. The number of fused-ring (bicyclic) bond motifs is 2. The van der Waals surface area contributed by atoms with Gasteiger partial charge in [-0.2, -0.15) is 0 Å². The number of cyclic esters (lactones) is 1. The van der Waals surface area contributed by atoms with Crippen molar-refractivity contribution in [3.8, 4) is 0 Å². The first-order chi connectivity index (χ1) is 13.2. The number of ether oxygens (including phenoxy) is 1. The fourth-order valence-electron chi connectivity index (χ4n) is 4.42. The maximum absolute atomic E-state index is 13.4. The Hall–Kier alpha value is -3.40. The van der Waals surface area contributed by atoms with Gasteiger partial charge in [-0.3, -0.25) is 14.5 Å². The highest BCUT2D eigenvalue weighted by Gasteiger charge is 2.62. The van der Waals surface area contributed by atoms with Crippen LogP contribution in [-0.4, -0.2) is 18.5 Å². The van der Waals surface area contributed by atoms with Crippen LogP contribution >= 0.6 is 0 Å². The highest BCUT2D eigenvalue weighted by molar-refractivity contribution is 6.13. The molecule has 2 heterocycles. The van der Waals surface area contributed by atoms with Crippen molar-refractivity contribution in [1.29, 1.82) is 0 Å². The molecule has 1 fully saturated rings. The molecule has 1 saturated heterocycles. The van der Waals surface area contributed by atoms with E-state index in [2.05, 4.69) is 0 Å². The zero-order valence-electron chi connectivity index (χ0n) is 14.5. The second-order valence-corrected chi connectivity index (χ2v) is 6.90. The number of benzene rings is 3. The topological polar surface area (TPSA) is 46.6 Å². The van der Waals surface area contributed by atoms with Gasteiger partial charge in [-0.15, -0.1) is 0 Å². The van der Waals surface area contributed by atoms with Gasteiger partial charge in [-0.25, -0.2) is 0 Å². The van der Waals surface area contributed by atoms with Gasteiger partial charge in [0.2, 0.25) is 0 Å². The van der Waals surface area contributed by atoms with Gasteiger partial charge in [0.1, 0.15) is 18.1 Å². The van der Waals surface area contributed by atoms with E-state index in [9.17, 15) is 9.59 Å². The molecule has 0 radical (unpaired) electrons. The Balaban J connectivity index is 1.80. The number of hydrogen-bond acceptors (Lipinski definition) is 3. The predicted octanol–water partition coefficient (Wildman–Crippen LogP) is 3.88. The molecule has 0 saturated carbocycles. The third kappa shape index (κ3) is 2.10. The molecule has 4 heteroatoms. The molecule has 2 aliphatic heterocycles. The normalized spacial score (nSPS) is 23.6. The number of hydrogen-bond donors (Lipinski definition) is 0. The van der Waals surface area contributed by atoms with E-state index in [0.717, 1.165) is 16.8 Å². The van der Waals surface area contributed by atoms with Crippen molar-refractivity contribution in [1.82, 2.24) is 0 Å².